The predicted molar refractivity (Wildman–Crippen MR) is 213 cm³/mol. The van der Waals surface area contributed by atoms with Crippen LogP contribution in [0.5, 0.6) is 0 Å². The van der Waals surface area contributed by atoms with Crippen molar-refractivity contribution in [3.63, 3.8) is 0 Å². The minimum atomic E-state index is -1.20. The number of aryl methyl sites for hydroxylation is 1. The van der Waals surface area contributed by atoms with Crippen molar-refractivity contribution in [2.24, 2.45) is 0 Å². The van der Waals surface area contributed by atoms with E-state index >= 15 is 0 Å². The monoisotopic (exact) mass is 779 g/mol. The summed E-state index contributed by atoms with van der Waals surface area (Å²) in [5.41, 5.74) is 2.94. The average Bonchev–Trinajstić information content (AvgIpc) is 3.16. The number of hydrogen-bond donors (Lipinski definition) is 5. The van der Waals surface area contributed by atoms with Gasteiger partial charge in [-0.2, -0.15) is 0 Å². The maximum atomic E-state index is 13.9. The zero-order chi connectivity index (χ0) is 41.1. The Morgan fingerprint density at radius 2 is 1.57 bits per heavy atom. The van der Waals surface area contributed by atoms with Gasteiger partial charge in [0.1, 0.15) is 29.8 Å². The van der Waals surface area contributed by atoms with Crippen LogP contribution in [-0.2, 0) is 39.8 Å². The Bertz CT molecular complexity index is 1590. The van der Waals surface area contributed by atoms with Crippen molar-refractivity contribution in [2.75, 3.05) is 26.9 Å². The molecule has 0 aromatic heterocycles. The second-order valence-corrected chi connectivity index (χ2v) is 15.1. The number of methoxy groups -OCH3 is 1. The van der Waals surface area contributed by atoms with Crippen LogP contribution in [0.15, 0.2) is 48.5 Å². The molecule has 5 N–H and O–H groups in total. The van der Waals surface area contributed by atoms with Gasteiger partial charge in [-0.3, -0.25) is 19.2 Å². The summed E-state index contributed by atoms with van der Waals surface area (Å²) in [6.07, 6.45) is 6.17. The molecule has 3 rings (SSSR count). The Kier molecular flexibility index (Phi) is 18.8. The highest BCUT2D eigenvalue weighted by atomic mass is 16.6. The molecule has 2 aromatic rings. The zero-order valence-electron chi connectivity index (χ0n) is 33.8. The molecule has 1 aliphatic rings. The first-order valence-corrected chi connectivity index (χ1v) is 19.7. The van der Waals surface area contributed by atoms with E-state index in [2.05, 4.69) is 57.8 Å². The number of ether oxygens (including phenoxy) is 3. The van der Waals surface area contributed by atoms with Crippen molar-refractivity contribution in [3.8, 4) is 11.1 Å². The minimum absolute atomic E-state index is 0.168. The second kappa shape index (κ2) is 23.2. The van der Waals surface area contributed by atoms with Crippen LogP contribution in [-0.4, -0.2) is 92.3 Å². The third-order valence-electron chi connectivity index (χ3n) is 9.22. The quantitative estimate of drug-likeness (QED) is 0.133. The van der Waals surface area contributed by atoms with Gasteiger partial charge in [-0.05, 0) is 101 Å². The molecule has 2 aromatic carbocycles. The number of carbonyl (C=O) groups is 6. The number of amides is 5. The zero-order valence-corrected chi connectivity index (χ0v) is 33.8. The van der Waals surface area contributed by atoms with E-state index in [9.17, 15) is 28.8 Å². The maximum Gasteiger partial charge on any atom is 0.407 e. The lowest BCUT2D eigenvalue weighted by molar-refractivity contribution is -0.145. The van der Waals surface area contributed by atoms with Gasteiger partial charge in [0.15, 0.2) is 0 Å². The summed E-state index contributed by atoms with van der Waals surface area (Å²) in [6.45, 7) is 9.35. The van der Waals surface area contributed by atoms with Gasteiger partial charge in [-0.15, -0.1) is 0 Å². The molecule has 1 saturated heterocycles. The Hall–Kier alpha value is -4.98. The van der Waals surface area contributed by atoms with Gasteiger partial charge < -0.3 is 40.8 Å². The molecule has 14 nitrogen and oxygen atoms in total. The molecule has 0 radical (unpaired) electrons. The van der Waals surface area contributed by atoms with Crippen molar-refractivity contribution in [1.29, 1.82) is 0 Å². The van der Waals surface area contributed by atoms with E-state index in [1.54, 1.807) is 32.9 Å². The van der Waals surface area contributed by atoms with Crippen LogP contribution in [0.3, 0.4) is 0 Å². The van der Waals surface area contributed by atoms with Crippen LogP contribution in [0.1, 0.15) is 108 Å². The fourth-order valence-corrected chi connectivity index (χ4v) is 6.00. The van der Waals surface area contributed by atoms with Crippen LogP contribution in [0.4, 0.5) is 4.79 Å². The molecule has 1 aliphatic heterocycles. The van der Waals surface area contributed by atoms with E-state index in [0.29, 0.717) is 50.7 Å². The van der Waals surface area contributed by atoms with E-state index in [0.717, 1.165) is 30.4 Å². The smallest absolute Gasteiger partial charge is 0.407 e. The van der Waals surface area contributed by atoms with Gasteiger partial charge in [0.25, 0.3) is 5.91 Å². The molecule has 14 heteroatoms. The molecule has 0 spiro atoms. The molecule has 1 fully saturated rings. The molecule has 0 bridgehead atoms. The number of alkyl carbamates (subject to hydrolysis) is 1. The molecular formula is C42H61N5O9. The van der Waals surface area contributed by atoms with Crippen molar-refractivity contribution in [3.05, 3.63) is 59.7 Å². The number of esters is 1. The molecule has 0 aliphatic carbocycles. The normalized spacial score (nSPS) is 18.9. The fraction of sp³-hybridized carbons (Fsp3) is 0.571. The lowest BCUT2D eigenvalue weighted by Crippen LogP contribution is -2.58. The van der Waals surface area contributed by atoms with Gasteiger partial charge in [-0.25, -0.2) is 9.59 Å². The van der Waals surface area contributed by atoms with Crippen LogP contribution in [0.25, 0.3) is 11.1 Å². The van der Waals surface area contributed by atoms with Crippen LogP contribution >= 0.6 is 0 Å². The molecule has 308 valence electrons. The van der Waals surface area contributed by atoms with E-state index in [4.69, 9.17) is 14.2 Å². The molecule has 56 heavy (non-hydrogen) atoms. The van der Waals surface area contributed by atoms with Crippen molar-refractivity contribution in [1.82, 2.24) is 26.6 Å². The highest BCUT2D eigenvalue weighted by Crippen LogP contribution is 2.21. The first-order chi connectivity index (χ1) is 26.7. The summed E-state index contributed by atoms with van der Waals surface area (Å²) >= 11 is 0. The Morgan fingerprint density at radius 3 is 2.21 bits per heavy atom. The SMILES string of the molecule is CCCCc1ccc(-c2ccc(C(=O)N[C@@H](CCCCNC(=O)OC(C)(C)C)C(=O)N[C@H]3COCCCCC[C@@H](C(=O)OC)NC(=O)[C@H](C)NC3=O)cc2)cc1. The summed E-state index contributed by atoms with van der Waals surface area (Å²) in [5.74, 6) is -2.94. The van der Waals surface area contributed by atoms with Gasteiger partial charge in [0.2, 0.25) is 17.7 Å². The first kappa shape index (κ1) is 45.4. The van der Waals surface area contributed by atoms with Gasteiger partial charge in [0.05, 0.1) is 13.7 Å². The lowest BCUT2D eigenvalue weighted by atomic mass is 10.0. The Labute approximate surface area is 330 Å². The molecule has 5 amide bonds. The number of benzene rings is 2. The summed E-state index contributed by atoms with van der Waals surface area (Å²) in [7, 11) is 1.24. The van der Waals surface area contributed by atoms with E-state index in [1.165, 1.54) is 19.6 Å². The third kappa shape index (κ3) is 16.0. The molecule has 0 saturated carbocycles. The number of nitrogens with one attached hydrogen (secondary N) is 5. The van der Waals surface area contributed by atoms with Gasteiger partial charge >= 0.3 is 12.1 Å². The molecular weight excluding hydrogens is 718 g/mol. The maximum absolute atomic E-state index is 13.9. The van der Waals surface area contributed by atoms with Crippen LogP contribution < -0.4 is 26.6 Å². The van der Waals surface area contributed by atoms with Crippen LogP contribution in [0, 0.1) is 0 Å². The largest absolute Gasteiger partial charge is 0.467 e. The van der Waals surface area contributed by atoms with E-state index in [1.807, 2.05) is 12.1 Å². The average molecular weight is 780 g/mol. The Morgan fingerprint density at radius 1 is 0.893 bits per heavy atom. The summed E-state index contributed by atoms with van der Waals surface area (Å²) in [5, 5.41) is 13.5. The third-order valence-corrected chi connectivity index (χ3v) is 9.22. The minimum Gasteiger partial charge on any atom is -0.467 e. The molecule has 0 unspecified atom stereocenters. The molecule has 4 atom stereocenters. The van der Waals surface area contributed by atoms with Crippen molar-refractivity contribution >= 4 is 35.7 Å². The van der Waals surface area contributed by atoms with Crippen LogP contribution in [0.2, 0.25) is 0 Å². The van der Waals surface area contributed by atoms with E-state index < -0.39 is 65.5 Å². The predicted octanol–water partition coefficient (Wildman–Crippen LogP) is 4.73. The highest BCUT2D eigenvalue weighted by molar-refractivity contribution is 5.99. The number of hydrogen-bond acceptors (Lipinski definition) is 9. The summed E-state index contributed by atoms with van der Waals surface area (Å²) < 4.78 is 15.9. The van der Waals surface area contributed by atoms with Gasteiger partial charge in [0, 0.05) is 18.7 Å². The second-order valence-electron chi connectivity index (χ2n) is 15.1. The summed E-state index contributed by atoms with van der Waals surface area (Å²) in [6, 6.07) is 11.3. The standard InChI is InChI=1S/C42H61N5O9/c1-7-8-14-29-17-19-30(20-18-29)31-21-23-32(24-22-31)37(49)45-33(15-11-12-25-43-41(53)56-42(3,4)5)38(50)47-35-27-55-26-13-9-10-16-34(40(52)54-6)46-36(48)28(2)44-39(35)51/h17-24,28,33-35H,7-16,25-27H2,1-6H3,(H,43,53)(H,44,51)(H,45,49)(H,46,48)(H,47,50)/t28-,33-,34-,35-/m0/s1. The number of unbranched alkanes of at least 4 members (excludes halogenated alkanes) is 2. The fourth-order valence-electron chi connectivity index (χ4n) is 6.00. The number of rotatable bonds is 14. The first-order valence-electron chi connectivity index (χ1n) is 19.7. The summed E-state index contributed by atoms with van der Waals surface area (Å²) in [4.78, 5) is 78.3. The van der Waals surface area contributed by atoms with Crippen molar-refractivity contribution in [2.45, 2.75) is 129 Å². The van der Waals surface area contributed by atoms with Crippen molar-refractivity contribution < 1.29 is 43.0 Å². The number of carbonyl (C=O) groups excluding carboxylic acids is 6. The Balaban J connectivity index is 1.74. The van der Waals surface area contributed by atoms with Gasteiger partial charge in [-0.1, -0.05) is 62.6 Å². The topological polar surface area (TPSA) is 190 Å². The molecule has 1 heterocycles. The highest BCUT2D eigenvalue weighted by Gasteiger charge is 2.30. The van der Waals surface area contributed by atoms with E-state index in [-0.39, 0.29) is 19.6 Å². The lowest BCUT2D eigenvalue weighted by Gasteiger charge is -2.25.